The Morgan fingerprint density at radius 1 is 1.33 bits per heavy atom. The molecule has 0 spiro atoms. The Balaban J connectivity index is 1.80. The standard InChI is InChI=1S/C17H17ClFN3S2/c1-10(2)15-7-11(8-23-15)16-20-21-17(22(16)3)24-9-12-13(18)5-4-6-14(12)19/h4-8,10H,9H2,1-3H3. The highest BCUT2D eigenvalue weighted by molar-refractivity contribution is 7.98. The number of thiophene rings is 1. The molecular weight excluding hydrogens is 365 g/mol. The first-order valence-corrected chi connectivity index (χ1v) is 9.75. The van der Waals surface area contributed by atoms with Crippen LogP contribution >= 0.6 is 34.7 Å². The van der Waals surface area contributed by atoms with Gasteiger partial charge in [0, 0.05) is 39.2 Å². The Kier molecular flexibility index (Phi) is 5.27. The number of benzene rings is 1. The van der Waals surface area contributed by atoms with Crippen molar-refractivity contribution in [2.45, 2.75) is 30.7 Å². The number of thioether (sulfide) groups is 1. The summed E-state index contributed by atoms with van der Waals surface area (Å²) in [5.74, 6) is 1.43. The molecule has 0 aliphatic rings. The second-order valence-corrected chi connectivity index (χ2v) is 8.04. The Morgan fingerprint density at radius 3 is 2.79 bits per heavy atom. The van der Waals surface area contributed by atoms with E-state index in [0.29, 0.717) is 22.3 Å². The Labute approximate surface area is 153 Å². The van der Waals surface area contributed by atoms with Crippen LogP contribution in [0.2, 0.25) is 5.02 Å². The molecule has 0 N–H and O–H groups in total. The van der Waals surface area contributed by atoms with Gasteiger partial charge in [-0.15, -0.1) is 21.5 Å². The van der Waals surface area contributed by atoms with Gasteiger partial charge in [-0.25, -0.2) is 4.39 Å². The predicted molar refractivity (Wildman–Crippen MR) is 99.4 cm³/mol. The molecular formula is C17H17ClFN3S2. The van der Waals surface area contributed by atoms with Crippen molar-refractivity contribution in [1.82, 2.24) is 14.8 Å². The van der Waals surface area contributed by atoms with Gasteiger partial charge in [-0.3, -0.25) is 0 Å². The largest absolute Gasteiger partial charge is 0.305 e. The lowest BCUT2D eigenvalue weighted by atomic mass is 10.1. The Hall–Kier alpha value is -1.37. The van der Waals surface area contributed by atoms with Gasteiger partial charge >= 0.3 is 0 Å². The van der Waals surface area contributed by atoms with Gasteiger partial charge in [-0.05, 0) is 24.1 Å². The molecule has 24 heavy (non-hydrogen) atoms. The van der Waals surface area contributed by atoms with Crippen molar-refractivity contribution in [3.8, 4) is 11.4 Å². The number of hydrogen-bond acceptors (Lipinski definition) is 4. The lowest BCUT2D eigenvalue weighted by Gasteiger charge is -2.06. The van der Waals surface area contributed by atoms with E-state index in [1.807, 2.05) is 11.6 Å². The van der Waals surface area contributed by atoms with Gasteiger partial charge in [0.2, 0.25) is 0 Å². The highest BCUT2D eigenvalue weighted by Crippen LogP contribution is 2.32. The van der Waals surface area contributed by atoms with E-state index in [2.05, 4.69) is 35.5 Å². The van der Waals surface area contributed by atoms with Gasteiger partial charge in [0.05, 0.1) is 0 Å². The van der Waals surface area contributed by atoms with Crippen LogP contribution in [0.4, 0.5) is 4.39 Å². The highest BCUT2D eigenvalue weighted by atomic mass is 35.5. The summed E-state index contributed by atoms with van der Waals surface area (Å²) in [4.78, 5) is 1.32. The molecule has 3 nitrogen and oxygen atoms in total. The maximum absolute atomic E-state index is 13.9. The molecule has 0 atom stereocenters. The van der Waals surface area contributed by atoms with E-state index < -0.39 is 0 Å². The van der Waals surface area contributed by atoms with Gasteiger partial charge in [0.25, 0.3) is 0 Å². The van der Waals surface area contributed by atoms with Gasteiger partial charge in [0.15, 0.2) is 11.0 Å². The van der Waals surface area contributed by atoms with Crippen LogP contribution in [0.3, 0.4) is 0 Å². The zero-order valence-corrected chi connectivity index (χ0v) is 16.0. The van der Waals surface area contributed by atoms with E-state index in [0.717, 1.165) is 16.5 Å². The highest BCUT2D eigenvalue weighted by Gasteiger charge is 2.15. The maximum Gasteiger partial charge on any atom is 0.191 e. The summed E-state index contributed by atoms with van der Waals surface area (Å²) >= 11 is 9.23. The molecule has 2 aromatic heterocycles. The topological polar surface area (TPSA) is 30.7 Å². The first-order chi connectivity index (χ1) is 11.5. The molecule has 0 saturated carbocycles. The molecule has 0 bridgehead atoms. The number of rotatable bonds is 5. The van der Waals surface area contributed by atoms with Crippen LogP contribution < -0.4 is 0 Å². The molecule has 0 radical (unpaired) electrons. The fourth-order valence-electron chi connectivity index (χ4n) is 2.27. The van der Waals surface area contributed by atoms with E-state index in [9.17, 15) is 4.39 Å². The van der Waals surface area contributed by atoms with Crippen LogP contribution in [0.25, 0.3) is 11.4 Å². The van der Waals surface area contributed by atoms with Crippen molar-refractivity contribution in [2.75, 3.05) is 0 Å². The molecule has 126 valence electrons. The summed E-state index contributed by atoms with van der Waals surface area (Å²) in [6.07, 6.45) is 0. The molecule has 0 amide bonds. The number of halogens is 2. The minimum atomic E-state index is -0.295. The van der Waals surface area contributed by atoms with Crippen LogP contribution in [0.15, 0.2) is 34.8 Å². The molecule has 2 heterocycles. The zero-order valence-electron chi connectivity index (χ0n) is 13.6. The second kappa shape index (κ2) is 7.25. The predicted octanol–water partition coefficient (Wildman–Crippen LogP) is 5.75. The van der Waals surface area contributed by atoms with E-state index in [1.165, 1.54) is 22.7 Å². The second-order valence-electron chi connectivity index (χ2n) is 5.75. The first kappa shape index (κ1) is 17.5. The SMILES string of the molecule is CC(C)c1cc(-c2nnc(SCc3c(F)cccc3Cl)n2C)cs1. The quantitative estimate of drug-likeness (QED) is 0.527. The Morgan fingerprint density at radius 2 is 2.12 bits per heavy atom. The fourth-order valence-corrected chi connectivity index (χ4v) is 4.43. The minimum absolute atomic E-state index is 0.295. The number of hydrogen-bond donors (Lipinski definition) is 0. The molecule has 0 unspecified atom stereocenters. The van der Waals surface area contributed by atoms with Crippen molar-refractivity contribution in [3.63, 3.8) is 0 Å². The molecule has 7 heteroatoms. The van der Waals surface area contributed by atoms with Gasteiger partial charge in [-0.2, -0.15) is 0 Å². The minimum Gasteiger partial charge on any atom is -0.305 e. The third-order valence-corrected chi connectivity index (χ3v) is 6.32. The Bertz CT molecular complexity index is 837. The van der Waals surface area contributed by atoms with Gasteiger partial charge in [0.1, 0.15) is 5.82 Å². The monoisotopic (exact) mass is 381 g/mol. The maximum atomic E-state index is 13.9. The van der Waals surface area contributed by atoms with Crippen molar-refractivity contribution in [1.29, 1.82) is 0 Å². The molecule has 0 saturated heterocycles. The van der Waals surface area contributed by atoms with Gasteiger partial charge in [-0.1, -0.05) is 43.3 Å². The fraction of sp³-hybridized carbons (Fsp3) is 0.294. The van der Waals surface area contributed by atoms with Crippen LogP contribution in [-0.2, 0) is 12.8 Å². The molecule has 3 rings (SSSR count). The van der Waals surface area contributed by atoms with Crippen LogP contribution in [0.5, 0.6) is 0 Å². The normalized spacial score (nSPS) is 11.4. The summed E-state index contributed by atoms with van der Waals surface area (Å²) < 4.78 is 15.8. The molecule has 0 fully saturated rings. The van der Waals surface area contributed by atoms with E-state index in [1.54, 1.807) is 23.5 Å². The smallest absolute Gasteiger partial charge is 0.191 e. The third-order valence-electron chi connectivity index (χ3n) is 3.69. The average molecular weight is 382 g/mol. The summed E-state index contributed by atoms with van der Waals surface area (Å²) in [6, 6.07) is 6.88. The average Bonchev–Trinajstić information content (AvgIpc) is 3.14. The molecule has 3 aromatic rings. The molecule has 0 aliphatic heterocycles. The van der Waals surface area contributed by atoms with Crippen molar-refractivity contribution in [2.24, 2.45) is 7.05 Å². The molecule has 1 aromatic carbocycles. The lowest BCUT2D eigenvalue weighted by Crippen LogP contribution is -1.95. The van der Waals surface area contributed by atoms with Crippen LogP contribution in [-0.4, -0.2) is 14.8 Å². The van der Waals surface area contributed by atoms with E-state index in [-0.39, 0.29) is 5.82 Å². The van der Waals surface area contributed by atoms with Crippen molar-refractivity contribution >= 4 is 34.7 Å². The van der Waals surface area contributed by atoms with E-state index in [4.69, 9.17) is 11.6 Å². The summed E-state index contributed by atoms with van der Waals surface area (Å²) in [5, 5.41) is 11.8. The third kappa shape index (κ3) is 3.50. The van der Waals surface area contributed by atoms with Crippen LogP contribution in [0.1, 0.15) is 30.2 Å². The van der Waals surface area contributed by atoms with Crippen molar-refractivity contribution in [3.05, 3.63) is 50.9 Å². The van der Waals surface area contributed by atoms with E-state index >= 15 is 0 Å². The molecule has 0 aliphatic carbocycles. The summed E-state index contributed by atoms with van der Waals surface area (Å²) in [7, 11) is 1.92. The number of nitrogens with zero attached hydrogens (tertiary/aromatic N) is 3. The zero-order chi connectivity index (χ0) is 17.3. The van der Waals surface area contributed by atoms with Crippen LogP contribution in [0, 0.1) is 5.82 Å². The summed E-state index contributed by atoms with van der Waals surface area (Å²) in [6.45, 7) is 4.34. The first-order valence-electron chi connectivity index (χ1n) is 7.51. The van der Waals surface area contributed by atoms with Gasteiger partial charge < -0.3 is 4.57 Å². The lowest BCUT2D eigenvalue weighted by molar-refractivity contribution is 0.617. The van der Waals surface area contributed by atoms with Crippen molar-refractivity contribution < 1.29 is 4.39 Å². The number of aromatic nitrogens is 3. The summed E-state index contributed by atoms with van der Waals surface area (Å²) in [5.41, 5.74) is 1.56.